The lowest BCUT2D eigenvalue weighted by atomic mass is 9.91. The van der Waals surface area contributed by atoms with Crippen LogP contribution in [0.1, 0.15) is 52.5 Å². The van der Waals surface area contributed by atoms with E-state index in [1.165, 1.54) is 0 Å². The number of halogens is 1. The zero-order valence-corrected chi connectivity index (χ0v) is 16.3. The molecular weight excluding hydrogens is 350 g/mol. The summed E-state index contributed by atoms with van der Waals surface area (Å²) in [7, 11) is 0. The molecule has 0 radical (unpaired) electrons. The van der Waals surface area contributed by atoms with Gasteiger partial charge in [-0.2, -0.15) is 0 Å². The zero-order valence-electron chi connectivity index (χ0n) is 15.5. The average Bonchev–Trinajstić information content (AvgIpc) is 3.04. The van der Waals surface area contributed by atoms with E-state index in [1.807, 2.05) is 51.4 Å². The average molecular weight is 376 g/mol. The van der Waals surface area contributed by atoms with Gasteiger partial charge in [-0.15, -0.1) is 0 Å². The van der Waals surface area contributed by atoms with E-state index < -0.39 is 5.60 Å². The Morgan fingerprint density at radius 3 is 2.46 bits per heavy atom. The first-order valence-corrected chi connectivity index (χ1v) is 9.47. The van der Waals surface area contributed by atoms with Gasteiger partial charge in [0.2, 0.25) is 0 Å². The molecule has 0 unspecified atom stereocenters. The summed E-state index contributed by atoms with van der Waals surface area (Å²) >= 11 is 5.95. The van der Waals surface area contributed by atoms with Gasteiger partial charge >= 0.3 is 6.09 Å². The van der Waals surface area contributed by atoms with Crippen molar-refractivity contribution in [2.75, 3.05) is 0 Å². The number of nitrogens with zero attached hydrogens (tertiary/aromatic N) is 2. The molecule has 1 amide bonds. The van der Waals surface area contributed by atoms with Gasteiger partial charge in [0.25, 0.3) is 0 Å². The van der Waals surface area contributed by atoms with E-state index in [9.17, 15) is 4.79 Å². The second-order valence-electron chi connectivity index (χ2n) is 7.86. The lowest BCUT2D eigenvalue weighted by Crippen LogP contribution is -2.41. The number of imidazole rings is 1. The molecule has 0 atom stereocenters. The Balaban J connectivity index is 1.54. The van der Waals surface area contributed by atoms with E-state index in [4.69, 9.17) is 16.3 Å². The monoisotopic (exact) mass is 375 g/mol. The first-order chi connectivity index (χ1) is 12.3. The van der Waals surface area contributed by atoms with Gasteiger partial charge in [0.1, 0.15) is 5.60 Å². The van der Waals surface area contributed by atoms with Crippen LogP contribution in [0.4, 0.5) is 4.79 Å². The highest BCUT2D eigenvalue weighted by molar-refractivity contribution is 6.30. The zero-order chi connectivity index (χ0) is 18.7. The fourth-order valence-electron chi connectivity index (χ4n) is 3.30. The molecule has 1 aliphatic carbocycles. The number of rotatable bonds is 3. The van der Waals surface area contributed by atoms with Crippen LogP contribution in [-0.2, 0) is 4.74 Å². The van der Waals surface area contributed by atoms with Crippen molar-refractivity contribution in [3.63, 3.8) is 0 Å². The maximum Gasteiger partial charge on any atom is 0.407 e. The third kappa shape index (κ3) is 5.01. The van der Waals surface area contributed by atoms with Crippen LogP contribution in [0.5, 0.6) is 0 Å². The van der Waals surface area contributed by atoms with Gasteiger partial charge in [-0.25, -0.2) is 9.78 Å². The smallest absolute Gasteiger partial charge is 0.407 e. The van der Waals surface area contributed by atoms with E-state index in [1.54, 1.807) is 0 Å². The Labute approximate surface area is 159 Å². The first kappa shape index (κ1) is 18.8. The normalized spacial score (nSPS) is 20.6. The van der Waals surface area contributed by atoms with Crippen LogP contribution in [-0.4, -0.2) is 27.3 Å². The minimum absolute atomic E-state index is 0.181. The largest absolute Gasteiger partial charge is 0.444 e. The summed E-state index contributed by atoms with van der Waals surface area (Å²) in [6, 6.07) is 8.32. The Kier molecular flexibility index (Phi) is 5.56. The Morgan fingerprint density at radius 2 is 1.85 bits per heavy atom. The highest BCUT2D eigenvalue weighted by Crippen LogP contribution is 2.30. The lowest BCUT2D eigenvalue weighted by molar-refractivity contribution is 0.0488. The van der Waals surface area contributed by atoms with Crippen molar-refractivity contribution < 1.29 is 9.53 Å². The first-order valence-electron chi connectivity index (χ1n) is 9.09. The molecule has 1 aromatic heterocycles. The van der Waals surface area contributed by atoms with Gasteiger partial charge in [-0.3, -0.25) is 0 Å². The Morgan fingerprint density at radius 1 is 1.19 bits per heavy atom. The summed E-state index contributed by atoms with van der Waals surface area (Å²) in [6.45, 7) is 5.63. The quantitative estimate of drug-likeness (QED) is 0.800. The standard InChI is InChI=1S/C20H26ClN3O2/c1-20(2,3)26-19(25)23-16-8-10-17(11-9-16)24-12-18(22-13-24)14-4-6-15(21)7-5-14/h4-7,12-13,16-17H,8-11H2,1-3H3,(H,23,25)/t16-,17-. The molecule has 6 heteroatoms. The summed E-state index contributed by atoms with van der Waals surface area (Å²) in [5.41, 5.74) is 1.56. The minimum Gasteiger partial charge on any atom is -0.444 e. The van der Waals surface area contributed by atoms with Crippen molar-refractivity contribution in [3.05, 3.63) is 41.8 Å². The van der Waals surface area contributed by atoms with Crippen molar-refractivity contribution in [1.29, 1.82) is 0 Å². The highest BCUT2D eigenvalue weighted by atomic mass is 35.5. The molecule has 0 spiro atoms. The van der Waals surface area contributed by atoms with Crippen molar-refractivity contribution in [3.8, 4) is 11.3 Å². The number of alkyl carbamates (subject to hydrolysis) is 1. The molecule has 5 nitrogen and oxygen atoms in total. The van der Waals surface area contributed by atoms with Crippen molar-refractivity contribution in [2.24, 2.45) is 0 Å². The number of carbonyl (C=O) groups excluding carboxylic acids is 1. The second kappa shape index (κ2) is 7.70. The topological polar surface area (TPSA) is 56.1 Å². The highest BCUT2D eigenvalue weighted by Gasteiger charge is 2.25. The van der Waals surface area contributed by atoms with E-state index in [0.29, 0.717) is 6.04 Å². The molecule has 1 N–H and O–H groups in total. The van der Waals surface area contributed by atoms with Gasteiger partial charge in [-0.05, 0) is 58.6 Å². The molecule has 1 aromatic carbocycles. The number of hydrogen-bond acceptors (Lipinski definition) is 3. The number of ether oxygens (including phenoxy) is 1. The van der Waals surface area contributed by atoms with Crippen LogP contribution in [0.2, 0.25) is 5.02 Å². The van der Waals surface area contributed by atoms with Crippen LogP contribution in [0, 0.1) is 0 Å². The van der Waals surface area contributed by atoms with Gasteiger partial charge in [-0.1, -0.05) is 23.7 Å². The van der Waals surface area contributed by atoms with Gasteiger partial charge in [0.15, 0.2) is 0 Å². The van der Waals surface area contributed by atoms with Crippen molar-refractivity contribution in [2.45, 2.75) is 64.1 Å². The predicted molar refractivity (Wildman–Crippen MR) is 103 cm³/mol. The molecule has 1 heterocycles. The van der Waals surface area contributed by atoms with Gasteiger partial charge in [0, 0.05) is 28.9 Å². The summed E-state index contributed by atoms with van der Waals surface area (Å²) in [6.07, 6.45) is 7.57. The molecule has 0 bridgehead atoms. The molecule has 3 rings (SSSR count). The van der Waals surface area contributed by atoms with Crippen LogP contribution in [0.15, 0.2) is 36.8 Å². The van der Waals surface area contributed by atoms with E-state index >= 15 is 0 Å². The number of benzene rings is 1. The molecule has 26 heavy (non-hydrogen) atoms. The molecule has 2 aromatic rings. The Bertz CT molecular complexity index is 741. The molecule has 1 aliphatic rings. The SMILES string of the molecule is CC(C)(C)OC(=O)N[C@H]1CC[C@H](n2cnc(-c3ccc(Cl)cc3)c2)CC1. The van der Waals surface area contributed by atoms with Gasteiger partial charge in [0.05, 0.1) is 12.0 Å². The number of nitrogens with one attached hydrogen (secondary N) is 1. The maximum absolute atomic E-state index is 11.9. The molecule has 1 fully saturated rings. The number of amides is 1. The van der Waals surface area contributed by atoms with E-state index in [2.05, 4.69) is 21.1 Å². The number of carbonyl (C=O) groups is 1. The second-order valence-corrected chi connectivity index (χ2v) is 8.30. The van der Waals surface area contributed by atoms with E-state index in [-0.39, 0.29) is 12.1 Å². The fraction of sp³-hybridized carbons (Fsp3) is 0.500. The van der Waals surface area contributed by atoms with Crippen LogP contribution >= 0.6 is 11.6 Å². The van der Waals surface area contributed by atoms with Crippen molar-refractivity contribution >= 4 is 17.7 Å². The molecule has 140 valence electrons. The third-order valence-corrected chi connectivity index (χ3v) is 4.83. The van der Waals surface area contributed by atoms with E-state index in [0.717, 1.165) is 42.0 Å². The van der Waals surface area contributed by atoms with Gasteiger partial charge < -0.3 is 14.6 Å². The summed E-state index contributed by atoms with van der Waals surface area (Å²) in [4.78, 5) is 16.4. The predicted octanol–water partition coefficient (Wildman–Crippen LogP) is 5.21. The van der Waals surface area contributed by atoms with Crippen molar-refractivity contribution in [1.82, 2.24) is 14.9 Å². The Hall–Kier alpha value is -2.01. The summed E-state index contributed by atoms with van der Waals surface area (Å²) in [5.74, 6) is 0. The number of aromatic nitrogens is 2. The maximum atomic E-state index is 11.9. The molecule has 1 saturated carbocycles. The third-order valence-electron chi connectivity index (χ3n) is 4.58. The molecule has 0 aliphatic heterocycles. The van der Waals surface area contributed by atoms with Crippen LogP contribution in [0.25, 0.3) is 11.3 Å². The molecule has 0 saturated heterocycles. The summed E-state index contributed by atoms with van der Waals surface area (Å²) in [5, 5.41) is 3.71. The van der Waals surface area contributed by atoms with Crippen LogP contribution < -0.4 is 5.32 Å². The number of hydrogen-bond donors (Lipinski definition) is 1. The minimum atomic E-state index is -0.462. The molecular formula is C20H26ClN3O2. The fourth-order valence-corrected chi connectivity index (χ4v) is 3.42. The van der Waals surface area contributed by atoms with Crippen LogP contribution in [0.3, 0.4) is 0 Å². The lowest BCUT2D eigenvalue weighted by Gasteiger charge is -2.30. The summed E-state index contributed by atoms with van der Waals surface area (Å²) < 4.78 is 7.53.